The van der Waals surface area contributed by atoms with E-state index >= 15 is 0 Å². The molecule has 27 heavy (non-hydrogen) atoms. The van der Waals surface area contributed by atoms with Crippen LogP contribution < -0.4 is 10.1 Å². The summed E-state index contributed by atoms with van der Waals surface area (Å²) < 4.78 is 35.7. The molecule has 0 aliphatic heterocycles. The summed E-state index contributed by atoms with van der Waals surface area (Å²) >= 11 is 0. The van der Waals surface area contributed by atoms with Crippen molar-refractivity contribution in [2.45, 2.75) is 17.6 Å². The van der Waals surface area contributed by atoms with Gasteiger partial charge in [0.25, 0.3) is 5.91 Å². The molecule has 7 heteroatoms. The lowest BCUT2D eigenvalue weighted by Gasteiger charge is -2.08. The number of rotatable bonds is 7. The second-order valence-electron chi connectivity index (χ2n) is 5.76. The predicted molar refractivity (Wildman–Crippen MR) is 102 cm³/mol. The molecule has 3 aromatic rings. The van der Waals surface area contributed by atoms with Gasteiger partial charge < -0.3 is 14.5 Å². The van der Waals surface area contributed by atoms with Gasteiger partial charge in [0.2, 0.25) is 0 Å². The lowest BCUT2D eigenvalue weighted by atomic mass is 10.2. The Hall–Kier alpha value is -3.06. The van der Waals surface area contributed by atoms with Crippen LogP contribution in [0, 0.1) is 0 Å². The minimum Gasteiger partial charge on any atom is -0.494 e. The summed E-state index contributed by atoms with van der Waals surface area (Å²) in [4.78, 5) is 12.7. The Balaban J connectivity index is 1.75. The number of carbonyl (C=O) groups is 1. The number of hydrogen-bond donors (Lipinski definition) is 1. The monoisotopic (exact) mass is 385 g/mol. The molecule has 1 amide bonds. The van der Waals surface area contributed by atoms with E-state index in [0.29, 0.717) is 23.6 Å². The van der Waals surface area contributed by atoms with Crippen LogP contribution >= 0.6 is 0 Å². The number of benzene rings is 2. The van der Waals surface area contributed by atoms with Crippen LogP contribution in [-0.2, 0) is 15.6 Å². The molecule has 0 aliphatic carbocycles. The van der Waals surface area contributed by atoms with Gasteiger partial charge in [0.05, 0.1) is 23.5 Å². The molecule has 1 heterocycles. The molecule has 0 saturated carbocycles. The van der Waals surface area contributed by atoms with Crippen LogP contribution in [0.3, 0.4) is 0 Å². The maximum absolute atomic E-state index is 12.5. The molecule has 0 unspecified atom stereocenters. The Morgan fingerprint density at radius 3 is 2.41 bits per heavy atom. The Morgan fingerprint density at radius 2 is 1.74 bits per heavy atom. The summed E-state index contributed by atoms with van der Waals surface area (Å²) in [6.07, 6.45) is 1.31. The smallest absolute Gasteiger partial charge is 0.291 e. The zero-order valence-electron chi connectivity index (χ0n) is 14.7. The Kier molecular flexibility index (Phi) is 5.61. The van der Waals surface area contributed by atoms with Crippen LogP contribution in [0.5, 0.6) is 5.75 Å². The highest BCUT2D eigenvalue weighted by atomic mass is 32.2. The number of nitrogens with one attached hydrogen (secondary N) is 1. The quantitative estimate of drug-likeness (QED) is 0.667. The van der Waals surface area contributed by atoms with Crippen LogP contribution in [0.1, 0.15) is 23.0 Å². The molecule has 0 spiro atoms. The number of furan rings is 1. The summed E-state index contributed by atoms with van der Waals surface area (Å²) in [5, 5.41) is 2.70. The third-order valence-electron chi connectivity index (χ3n) is 3.82. The number of hydrogen-bond acceptors (Lipinski definition) is 5. The second-order valence-corrected chi connectivity index (χ2v) is 7.75. The molecule has 0 saturated heterocycles. The van der Waals surface area contributed by atoms with Gasteiger partial charge in [-0.3, -0.25) is 4.79 Å². The van der Waals surface area contributed by atoms with Crippen molar-refractivity contribution in [1.29, 1.82) is 0 Å². The second kappa shape index (κ2) is 8.09. The summed E-state index contributed by atoms with van der Waals surface area (Å²) in [5.74, 6) is -0.159. The molecule has 6 nitrogen and oxygen atoms in total. The van der Waals surface area contributed by atoms with Gasteiger partial charge in [0, 0.05) is 11.3 Å². The Bertz CT molecular complexity index is 1010. The summed E-state index contributed by atoms with van der Waals surface area (Å²) in [5.41, 5.74) is 0.860. The fraction of sp³-hybridized carbons (Fsp3) is 0.150. The van der Waals surface area contributed by atoms with E-state index in [4.69, 9.17) is 9.15 Å². The van der Waals surface area contributed by atoms with Crippen molar-refractivity contribution in [1.82, 2.24) is 0 Å². The van der Waals surface area contributed by atoms with E-state index in [1.807, 2.05) is 6.92 Å². The average molecular weight is 385 g/mol. The van der Waals surface area contributed by atoms with Gasteiger partial charge in [0.1, 0.15) is 5.75 Å². The van der Waals surface area contributed by atoms with Crippen LogP contribution in [0.2, 0.25) is 0 Å². The average Bonchev–Trinajstić information content (AvgIpc) is 3.12. The minimum atomic E-state index is -3.58. The van der Waals surface area contributed by atoms with E-state index in [-0.39, 0.29) is 16.4 Å². The summed E-state index contributed by atoms with van der Waals surface area (Å²) in [6.45, 7) is 2.44. The van der Waals surface area contributed by atoms with Gasteiger partial charge in [-0.1, -0.05) is 18.2 Å². The third-order valence-corrected chi connectivity index (χ3v) is 5.51. The first-order valence-electron chi connectivity index (χ1n) is 8.38. The SMILES string of the molecule is CCOc1ccc(NC(=O)c2occc2CS(=O)(=O)c2ccccc2)cc1. The first-order chi connectivity index (χ1) is 13.0. The van der Waals surface area contributed by atoms with Crippen LogP contribution in [-0.4, -0.2) is 20.9 Å². The predicted octanol–water partition coefficient (Wildman–Crippen LogP) is 3.90. The maximum Gasteiger partial charge on any atom is 0.291 e. The topological polar surface area (TPSA) is 85.6 Å². The van der Waals surface area contributed by atoms with Crippen molar-refractivity contribution in [2.75, 3.05) is 11.9 Å². The van der Waals surface area contributed by atoms with Crippen molar-refractivity contribution in [3.63, 3.8) is 0 Å². The Morgan fingerprint density at radius 1 is 1.04 bits per heavy atom. The zero-order chi connectivity index (χ0) is 19.3. The third kappa shape index (κ3) is 4.57. The van der Waals surface area contributed by atoms with Gasteiger partial charge in [-0.15, -0.1) is 0 Å². The molecule has 2 aromatic carbocycles. The molecule has 0 fully saturated rings. The fourth-order valence-corrected chi connectivity index (χ4v) is 3.93. The maximum atomic E-state index is 12.5. The molecule has 0 radical (unpaired) electrons. The molecule has 1 N–H and O–H groups in total. The highest BCUT2D eigenvalue weighted by molar-refractivity contribution is 7.90. The van der Waals surface area contributed by atoms with E-state index < -0.39 is 15.7 Å². The van der Waals surface area contributed by atoms with Gasteiger partial charge in [-0.25, -0.2) is 8.42 Å². The number of anilines is 1. The van der Waals surface area contributed by atoms with Crippen molar-refractivity contribution < 1.29 is 22.4 Å². The normalized spacial score (nSPS) is 11.1. The van der Waals surface area contributed by atoms with E-state index in [1.165, 1.54) is 24.5 Å². The molecule has 1 aromatic heterocycles. The van der Waals surface area contributed by atoms with Crippen LogP contribution in [0.4, 0.5) is 5.69 Å². The molecule has 3 rings (SSSR count). The lowest BCUT2D eigenvalue weighted by Crippen LogP contribution is -2.14. The highest BCUT2D eigenvalue weighted by Crippen LogP contribution is 2.22. The number of amides is 1. The zero-order valence-corrected chi connectivity index (χ0v) is 15.5. The number of sulfone groups is 1. The molecular weight excluding hydrogens is 366 g/mol. The van der Waals surface area contributed by atoms with Crippen molar-refractivity contribution in [3.05, 3.63) is 78.3 Å². The lowest BCUT2D eigenvalue weighted by molar-refractivity contribution is 0.0995. The minimum absolute atomic E-state index is 0.0246. The van der Waals surface area contributed by atoms with Crippen molar-refractivity contribution in [3.8, 4) is 5.75 Å². The van der Waals surface area contributed by atoms with Crippen molar-refractivity contribution in [2.24, 2.45) is 0 Å². The van der Waals surface area contributed by atoms with Gasteiger partial charge in [-0.2, -0.15) is 0 Å². The highest BCUT2D eigenvalue weighted by Gasteiger charge is 2.22. The summed E-state index contributed by atoms with van der Waals surface area (Å²) in [7, 11) is -3.58. The van der Waals surface area contributed by atoms with Gasteiger partial charge >= 0.3 is 0 Å². The largest absolute Gasteiger partial charge is 0.494 e. The standard InChI is InChI=1S/C20H19NO5S/c1-2-25-17-10-8-16(9-11-17)21-20(22)19-15(12-13-26-19)14-27(23,24)18-6-4-3-5-7-18/h3-13H,2,14H2,1H3,(H,21,22). The number of carbonyl (C=O) groups excluding carboxylic acids is 1. The van der Waals surface area contributed by atoms with Crippen LogP contribution in [0.25, 0.3) is 0 Å². The molecule has 0 bridgehead atoms. The first-order valence-corrected chi connectivity index (χ1v) is 10.0. The van der Waals surface area contributed by atoms with Crippen LogP contribution in [0.15, 0.2) is 76.2 Å². The molecule has 0 aliphatic rings. The number of ether oxygens (including phenoxy) is 1. The molecule has 0 atom stereocenters. The van der Waals surface area contributed by atoms with E-state index in [1.54, 1.807) is 42.5 Å². The Labute approximate surface area is 157 Å². The van der Waals surface area contributed by atoms with E-state index in [9.17, 15) is 13.2 Å². The van der Waals surface area contributed by atoms with Gasteiger partial charge in [0.15, 0.2) is 15.6 Å². The fourth-order valence-electron chi connectivity index (χ4n) is 2.55. The molecular formula is C20H19NO5S. The summed E-state index contributed by atoms with van der Waals surface area (Å²) in [6, 6.07) is 16.5. The van der Waals surface area contributed by atoms with Crippen molar-refractivity contribution >= 4 is 21.4 Å². The van der Waals surface area contributed by atoms with Gasteiger partial charge in [-0.05, 0) is 49.4 Å². The first kappa shape index (κ1) is 18.7. The van der Waals surface area contributed by atoms with E-state index in [2.05, 4.69) is 5.32 Å². The molecule has 140 valence electrons. The van der Waals surface area contributed by atoms with E-state index in [0.717, 1.165) is 0 Å².